The van der Waals surface area contributed by atoms with E-state index in [1.807, 2.05) is 53.2 Å². The smallest absolute Gasteiger partial charge is 0.333 e. The first-order valence-corrected chi connectivity index (χ1v) is 28.8. The van der Waals surface area contributed by atoms with E-state index in [2.05, 4.69) is 0 Å². The fourth-order valence-electron chi connectivity index (χ4n) is 8.49. The van der Waals surface area contributed by atoms with Crippen LogP contribution in [0.4, 0.5) is 11.4 Å². The summed E-state index contributed by atoms with van der Waals surface area (Å²) in [4.78, 5) is 44.8. The Labute approximate surface area is 433 Å². The van der Waals surface area contributed by atoms with Crippen molar-refractivity contribution >= 4 is 65.1 Å². The van der Waals surface area contributed by atoms with E-state index in [4.69, 9.17) is 33.3 Å². The third-order valence-corrected chi connectivity index (χ3v) is 14.6. The highest BCUT2D eigenvalue weighted by molar-refractivity contribution is 7.86. The van der Waals surface area contributed by atoms with Crippen molar-refractivity contribution in [1.29, 1.82) is 0 Å². The fourth-order valence-corrected chi connectivity index (χ4v) is 10.00. The first-order chi connectivity index (χ1) is 35.2. The summed E-state index contributed by atoms with van der Waals surface area (Å²) in [6.07, 6.45) is 12.0. The molecule has 3 aliphatic heterocycles. The highest BCUT2D eigenvalue weighted by Crippen LogP contribution is 2.51. The lowest BCUT2D eigenvalue weighted by molar-refractivity contribution is -0.197. The van der Waals surface area contributed by atoms with Crippen LogP contribution in [0.25, 0.3) is 5.57 Å². The molecule has 0 aromatic heterocycles. The Morgan fingerprint density at radius 1 is 0.770 bits per heavy atom. The normalized spacial score (nSPS) is 17.5. The van der Waals surface area contributed by atoms with Gasteiger partial charge in [-0.2, -0.15) is 25.3 Å². The number of hydroxylamine groups is 2. The van der Waals surface area contributed by atoms with Crippen molar-refractivity contribution in [3.05, 3.63) is 89.9 Å². The Morgan fingerprint density at radius 2 is 1.41 bits per heavy atom. The summed E-state index contributed by atoms with van der Waals surface area (Å²) in [5, 5.41) is 0.498. The summed E-state index contributed by atoms with van der Waals surface area (Å²) < 4.78 is 134. The lowest BCUT2D eigenvalue weighted by Crippen LogP contribution is -2.32. The van der Waals surface area contributed by atoms with E-state index < -0.39 is 65.1 Å². The van der Waals surface area contributed by atoms with Crippen LogP contribution in [0.15, 0.2) is 83.6 Å². The van der Waals surface area contributed by atoms with Crippen LogP contribution in [-0.4, -0.2) is 159 Å². The maximum absolute atomic E-state index is 12.5. The van der Waals surface area contributed by atoms with Gasteiger partial charge in [0.2, 0.25) is 0 Å². The van der Waals surface area contributed by atoms with Crippen LogP contribution < -0.4 is 14.5 Å². The lowest BCUT2D eigenvalue weighted by Gasteiger charge is -2.30. The number of allylic oxidation sites excluding steroid dienone is 7. The van der Waals surface area contributed by atoms with E-state index in [1.165, 1.54) is 18.4 Å². The maximum atomic E-state index is 12.5. The molecule has 22 nitrogen and oxygen atoms in total. The zero-order valence-corrected chi connectivity index (χ0v) is 44.1. The maximum Gasteiger partial charge on any atom is 0.333 e. The van der Waals surface area contributed by atoms with Gasteiger partial charge in [-0.15, -0.1) is 5.06 Å². The molecule has 1 fully saturated rings. The van der Waals surface area contributed by atoms with Gasteiger partial charge in [0.15, 0.2) is 0 Å². The number of benzene rings is 2. The number of fused-ring (bicyclic) bond motifs is 2. The predicted molar refractivity (Wildman–Crippen MR) is 272 cm³/mol. The van der Waals surface area contributed by atoms with Crippen molar-refractivity contribution in [2.24, 2.45) is 0 Å². The summed E-state index contributed by atoms with van der Waals surface area (Å²) >= 11 is 0. The number of methoxy groups -OCH3 is 1. The molecule has 2 amide bonds. The molecule has 1 saturated heterocycles. The van der Waals surface area contributed by atoms with Gasteiger partial charge in [0.1, 0.15) is 5.75 Å². The summed E-state index contributed by atoms with van der Waals surface area (Å²) in [7, 11) is -11.6. The molecule has 2 aromatic carbocycles. The van der Waals surface area contributed by atoms with Crippen molar-refractivity contribution in [3.63, 3.8) is 0 Å². The Kier molecular flexibility index (Phi) is 23.2. The molecular formula is C49H67N3O19S3. The molecule has 25 heteroatoms. The number of hydrogen-bond donors (Lipinski definition) is 3. The monoisotopic (exact) mass is 1100 g/mol. The van der Waals surface area contributed by atoms with Crippen LogP contribution in [0.5, 0.6) is 5.75 Å². The van der Waals surface area contributed by atoms with E-state index in [0.717, 1.165) is 0 Å². The third kappa shape index (κ3) is 18.9. The number of hydrogen-bond acceptors (Lipinski definition) is 18. The number of carbonyl (C=O) groups excluding carboxylic acids is 3. The molecule has 3 heterocycles. The first kappa shape index (κ1) is 59.8. The highest BCUT2D eigenvalue weighted by atomic mass is 32.2. The Morgan fingerprint density at radius 3 is 2.04 bits per heavy atom. The number of carbonyl (C=O) groups is 3. The first-order valence-electron chi connectivity index (χ1n) is 24.2. The van der Waals surface area contributed by atoms with Crippen molar-refractivity contribution in [3.8, 4) is 5.75 Å². The number of anilines is 2. The molecule has 0 aliphatic carbocycles. The minimum atomic E-state index is -4.66. The van der Waals surface area contributed by atoms with Crippen LogP contribution >= 0.6 is 0 Å². The quantitative estimate of drug-likeness (QED) is 0.0468. The van der Waals surface area contributed by atoms with E-state index >= 15 is 0 Å². The number of imide groups is 1. The molecular weight excluding hydrogens is 1030 g/mol. The van der Waals surface area contributed by atoms with Gasteiger partial charge >= 0.3 is 5.97 Å². The van der Waals surface area contributed by atoms with Gasteiger partial charge in [-0.05, 0) is 92.6 Å². The van der Waals surface area contributed by atoms with Crippen LogP contribution in [0.2, 0.25) is 0 Å². The molecule has 3 N–H and O–H groups in total. The van der Waals surface area contributed by atoms with Crippen molar-refractivity contribution < 1.29 is 86.6 Å². The predicted octanol–water partition coefficient (Wildman–Crippen LogP) is 5.07. The molecule has 5 rings (SSSR count). The number of ether oxygens (including phenoxy) is 6. The summed E-state index contributed by atoms with van der Waals surface area (Å²) in [6.45, 7) is 6.38. The number of rotatable bonds is 34. The highest BCUT2D eigenvalue weighted by Gasteiger charge is 2.44. The molecule has 1 unspecified atom stereocenters. The van der Waals surface area contributed by atoms with Gasteiger partial charge in [-0.3, -0.25) is 23.2 Å². The SMILES string of the molecule is COCCOCCOCCOCCOCCN(CCCS(=O)(=O)O)c1ccc2c(c1)OC=CC=C2/C=C/C=C1/N(CCCCCC(=O)ON2C(=O)CCC2=O)c2ccc(S(=O)(=O)O)cc2C1(C)CCCS(=O)(=O)O. The fraction of sp³-hybridized carbons (Fsp3) is 0.531. The van der Waals surface area contributed by atoms with Gasteiger partial charge < -0.3 is 43.1 Å². The molecule has 3 aliphatic rings. The van der Waals surface area contributed by atoms with E-state index in [1.54, 1.807) is 25.3 Å². The van der Waals surface area contributed by atoms with E-state index in [-0.39, 0.29) is 56.6 Å². The standard InChI is InChI=1S/C49H67N3O19S3/c1-49(20-8-34-72(56,57)58)42-37-40(74(62,63)64)15-17-43(42)51(22-5-3-4-13-48(55)71-52-46(53)18-19-47(52)54)45(49)12-6-10-38-11-7-24-70-44-36-39(14-16-41(38)44)50(21-9-35-73(59,60)61)23-25-66-28-29-68-32-33-69-31-30-67-27-26-65-2/h6-7,10-12,14-17,24,36-37H,3-5,8-9,13,18-23,25-35H2,1-2H3,(H,56,57,58)(H,59,60,61)(H,62,63,64)/b10-6+,45-12+. The van der Waals surface area contributed by atoms with E-state index in [9.17, 15) is 53.3 Å². The number of amides is 2. The van der Waals surface area contributed by atoms with Crippen LogP contribution in [0, 0.1) is 0 Å². The van der Waals surface area contributed by atoms with Gasteiger partial charge in [0, 0.05) is 80.1 Å². The van der Waals surface area contributed by atoms with E-state index in [0.29, 0.717) is 130 Å². The largest absolute Gasteiger partial charge is 0.464 e. The van der Waals surface area contributed by atoms with Crippen LogP contribution in [0.1, 0.15) is 75.8 Å². The second-order valence-electron chi connectivity index (χ2n) is 17.6. The number of nitrogens with zero attached hydrogens (tertiary/aromatic N) is 3. The van der Waals surface area contributed by atoms with Crippen molar-refractivity contribution in [2.75, 3.05) is 108 Å². The second kappa shape index (κ2) is 28.7. The molecule has 74 heavy (non-hydrogen) atoms. The molecule has 0 saturated carbocycles. The second-order valence-corrected chi connectivity index (χ2v) is 22.2. The zero-order chi connectivity index (χ0) is 53.8. The Balaban J connectivity index is 1.32. The van der Waals surface area contributed by atoms with Crippen LogP contribution in [-0.2, 0) is 78.7 Å². The summed E-state index contributed by atoms with van der Waals surface area (Å²) in [5.41, 5.74) is 2.78. The average Bonchev–Trinajstić information content (AvgIpc) is 3.65. The Bertz CT molecular complexity index is 2690. The third-order valence-electron chi connectivity index (χ3n) is 12.2. The van der Waals surface area contributed by atoms with Crippen molar-refractivity contribution in [1.82, 2.24) is 5.06 Å². The minimum absolute atomic E-state index is 0.0102. The molecule has 0 radical (unpaired) electrons. The molecule has 0 bridgehead atoms. The molecule has 0 spiro atoms. The zero-order valence-electron chi connectivity index (χ0n) is 41.6. The molecule has 2 aromatic rings. The van der Waals surface area contributed by atoms with Gasteiger partial charge in [-0.25, -0.2) is 4.79 Å². The topological polar surface area (TPSA) is 289 Å². The minimum Gasteiger partial charge on any atom is -0.464 e. The summed E-state index contributed by atoms with van der Waals surface area (Å²) in [6, 6.07) is 9.70. The Hall–Kier alpha value is -5.06. The van der Waals surface area contributed by atoms with Crippen molar-refractivity contribution in [2.45, 2.75) is 75.0 Å². The van der Waals surface area contributed by atoms with Gasteiger partial charge in [-0.1, -0.05) is 24.6 Å². The van der Waals surface area contributed by atoms with Gasteiger partial charge in [0.05, 0.1) is 82.1 Å². The summed E-state index contributed by atoms with van der Waals surface area (Å²) in [5.74, 6) is -2.42. The molecule has 410 valence electrons. The lowest BCUT2D eigenvalue weighted by atomic mass is 9.77. The van der Waals surface area contributed by atoms with Gasteiger partial charge in [0.25, 0.3) is 42.2 Å². The average molecular weight is 1100 g/mol. The molecule has 1 atom stereocenters. The number of unbranched alkanes of at least 4 members (excludes halogenated alkanes) is 2. The van der Waals surface area contributed by atoms with Crippen LogP contribution in [0.3, 0.4) is 0 Å².